The van der Waals surface area contributed by atoms with Crippen molar-refractivity contribution in [1.82, 2.24) is 9.97 Å². The van der Waals surface area contributed by atoms with Crippen molar-refractivity contribution in [3.05, 3.63) is 12.3 Å². The van der Waals surface area contributed by atoms with Crippen LogP contribution < -0.4 is 10.6 Å². The molecule has 1 atom stereocenters. The van der Waals surface area contributed by atoms with Crippen LogP contribution in [0.4, 0.5) is 11.8 Å². The second kappa shape index (κ2) is 4.44. The molecule has 2 heterocycles. The quantitative estimate of drug-likeness (QED) is 0.774. The Labute approximate surface area is 89.3 Å². The fourth-order valence-electron chi connectivity index (χ4n) is 1.71. The van der Waals surface area contributed by atoms with Gasteiger partial charge >= 0.3 is 0 Å². The Morgan fingerprint density at radius 2 is 2.53 bits per heavy atom. The summed E-state index contributed by atoms with van der Waals surface area (Å²) in [5, 5.41) is 0. The first-order chi connectivity index (χ1) is 7.29. The lowest BCUT2D eigenvalue weighted by Gasteiger charge is -2.33. The van der Waals surface area contributed by atoms with Crippen LogP contribution in [0.2, 0.25) is 0 Å². The predicted molar refractivity (Wildman–Crippen MR) is 58.7 cm³/mol. The average Bonchev–Trinajstić information content (AvgIpc) is 2.29. The van der Waals surface area contributed by atoms with Crippen molar-refractivity contribution < 1.29 is 4.74 Å². The van der Waals surface area contributed by atoms with Crippen LogP contribution in [0.25, 0.3) is 0 Å². The second-order valence-electron chi connectivity index (χ2n) is 3.62. The van der Waals surface area contributed by atoms with Gasteiger partial charge in [-0.25, -0.2) is 4.98 Å². The van der Waals surface area contributed by atoms with E-state index in [1.54, 1.807) is 6.20 Å². The highest BCUT2D eigenvalue weighted by atomic mass is 16.5. The lowest BCUT2D eigenvalue weighted by atomic mass is 10.2. The van der Waals surface area contributed by atoms with E-state index in [0.717, 1.165) is 31.9 Å². The van der Waals surface area contributed by atoms with Crippen LogP contribution in [-0.2, 0) is 4.74 Å². The van der Waals surface area contributed by atoms with Crippen molar-refractivity contribution in [2.75, 3.05) is 30.3 Å². The molecule has 0 bridgehead atoms. The summed E-state index contributed by atoms with van der Waals surface area (Å²) < 4.78 is 5.59. The summed E-state index contributed by atoms with van der Waals surface area (Å²) in [7, 11) is 0. The third kappa shape index (κ3) is 2.36. The molecule has 0 amide bonds. The van der Waals surface area contributed by atoms with Crippen molar-refractivity contribution in [1.29, 1.82) is 0 Å². The first-order valence-electron chi connectivity index (χ1n) is 5.24. The molecule has 5 heteroatoms. The summed E-state index contributed by atoms with van der Waals surface area (Å²) >= 11 is 0. The highest BCUT2D eigenvalue weighted by Gasteiger charge is 2.19. The van der Waals surface area contributed by atoms with Gasteiger partial charge in [-0.1, -0.05) is 6.92 Å². The molecule has 1 fully saturated rings. The summed E-state index contributed by atoms with van der Waals surface area (Å²) in [6, 6.07) is 1.88. The second-order valence-corrected chi connectivity index (χ2v) is 3.62. The largest absolute Gasteiger partial charge is 0.375 e. The minimum absolute atomic E-state index is 0.301. The lowest BCUT2D eigenvalue weighted by molar-refractivity contribution is 0.0381. The van der Waals surface area contributed by atoms with Crippen molar-refractivity contribution in [2.45, 2.75) is 19.4 Å². The fourth-order valence-corrected chi connectivity index (χ4v) is 1.71. The van der Waals surface area contributed by atoms with Crippen LogP contribution in [0.5, 0.6) is 0 Å². The van der Waals surface area contributed by atoms with Crippen LogP contribution >= 0.6 is 0 Å². The molecule has 0 saturated carbocycles. The summed E-state index contributed by atoms with van der Waals surface area (Å²) in [4.78, 5) is 10.3. The van der Waals surface area contributed by atoms with Gasteiger partial charge in [0.2, 0.25) is 5.95 Å². The first-order valence-corrected chi connectivity index (χ1v) is 5.24. The van der Waals surface area contributed by atoms with Crippen LogP contribution in [0, 0.1) is 0 Å². The van der Waals surface area contributed by atoms with E-state index in [2.05, 4.69) is 21.8 Å². The van der Waals surface area contributed by atoms with Gasteiger partial charge in [0.25, 0.3) is 0 Å². The molecule has 1 unspecified atom stereocenters. The minimum atomic E-state index is 0.301. The Morgan fingerprint density at radius 1 is 1.67 bits per heavy atom. The van der Waals surface area contributed by atoms with Gasteiger partial charge in [0.1, 0.15) is 5.82 Å². The van der Waals surface area contributed by atoms with E-state index in [-0.39, 0.29) is 0 Å². The number of ether oxygens (including phenoxy) is 1. The molecule has 1 aromatic rings. The summed E-state index contributed by atoms with van der Waals surface area (Å²) in [6.45, 7) is 4.63. The fraction of sp³-hybridized carbons (Fsp3) is 0.600. The standard InChI is InChI=1S/C10H16N4O/c1-2-8-7-14(5-6-15-8)9-3-4-12-10(11)13-9/h3-4,8H,2,5-7H2,1H3,(H2,11,12,13). The van der Waals surface area contributed by atoms with Crippen molar-refractivity contribution in [3.63, 3.8) is 0 Å². The Kier molecular flexibility index (Phi) is 3.01. The van der Waals surface area contributed by atoms with E-state index >= 15 is 0 Å². The van der Waals surface area contributed by atoms with Gasteiger partial charge < -0.3 is 15.4 Å². The number of aromatic nitrogens is 2. The molecule has 5 nitrogen and oxygen atoms in total. The Bertz CT molecular complexity index is 331. The number of anilines is 2. The highest BCUT2D eigenvalue weighted by molar-refractivity contribution is 5.41. The van der Waals surface area contributed by atoms with E-state index in [1.165, 1.54) is 0 Å². The number of nitrogens with zero attached hydrogens (tertiary/aromatic N) is 3. The molecule has 0 aliphatic carbocycles. The molecular formula is C10H16N4O. The molecule has 1 aromatic heterocycles. The number of nitrogen functional groups attached to an aromatic ring is 1. The van der Waals surface area contributed by atoms with Crippen LogP contribution in [0.3, 0.4) is 0 Å². The predicted octanol–water partition coefficient (Wildman–Crippen LogP) is 0.674. The number of nitrogens with two attached hydrogens (primary N) is 1. The summed E-state index contributed by atoms with van der Waals surface area (Å²) in [6.07, 6.45) is 3.01. The van der Waals surface area contributed by atoms with E-state index in [9.17, 15) is 0 Å². The number of hydrogen-bond donors (Lipinski definition) is 1. The summed E-state index contributed by atoms with van der Waals surface area (Å²) in [5.74, 6) is 1.22. The zero-order chi connectivity index (χ0) is 10.7. The van der Waals surface area contributed by atoms with Crippen LogP contribution in [0.15, 0.2) is 12.3 Å². The third-order valence-corrected chi connectivity index (χ3v) is 2.58. The maximum atomic E-state index is 5.59. The molecule has 2 N–H and O–H groups in total. The normalized spacial score (nSPS) is 21.7. The van der Waals surface area contributed by atoms with Crippen molar-refractivity contribution in [2.24, 2.45) is 0 Å². The van der Waals surface area contributed by atoms with E-state index in [4.69, 9.17) is 10.5 Å². The lowest BCUT2D eigenvalue weighted by Crippen LogP contribution is -2.42. The zero-order valence-corrected chi connectivity index (χ0v) is 8.89. The molecule has 15 heavy (non-hydrogen) atoms. The van der Waals surface area contributed by atoms with E-state index < -0.39 is 0 Å². The summed E-state index contributed by atoms with van der Waals surface area (Å²) in [5.41, 5.74) is 5.55. The molecule has 1 aliphatic rings. The van der Waals surface area contributed by atoms with E-state index in [0.29, 0.717) is 12.1 Å². The van der Waals surface area contributed by atoms with Gasteiger partial charge in [0.15, 0.2) is 0 Å². The Balaban J connectivity index is 2.09. The van der Waals surface area contributed by atoms with Gasteiger partial charge in [0, 0.05) is 19.3 Å². The van der Waals surface area contributed by atoms with Gasteiger partial charge in [-0.05, 0) is 12.5 Å². The molecule has 2 rings (SSSR count). The van der Waals surface area contributed by atoms with E-state index in [1.807, 2.05) is 6.07 Å². The van der Waals surface area contributed by atoms with Gasteiger partial charge in [-0.3, -0.25) is 0 Å². The third-order valence-electron chi connectivity index (χ3n) is 2.58. The van der Waals surface area contributed by atoms with Gasteiger partial charge in [-0.15, -0.1) is 0 Å². The maximum Gasteiger partial charge on any atom is 0.221 e. The molecular weight excluding hydrogens is 192 g/mol. The van der Waals surface area contributed by atoms with Crippen LogP contribution in [-0.4, -0.2) is 35.8 Å². The number of rotatable bonds is 2. The van der Waals surface area contributed by atoms with Gasteiger partial charge in [-0.2, -0.15) is 4.98 Å². The highest BCUT2D eigenvalue weighted by Crippen LogP contribution is 2.16. The molecule has 1 aliphatic heterocycles. The zero-order valence-electron chi connectivity index (χ0n) is 8.89. The molecule has 82 valence electrons. The molecule has 0 radical (unpaired) electrons. The first kappa shape index (κ1) is 10.2. The van der Waals surface area contributed by atoms with Crippen molar-refractivity contribution in [3.8, 4) is 0 Å². The monoisotopic (exact) mass is 208 g/mol. The topological polar surface area (TPSA) is 64.3 Å². The molecule has 0 spiro atoms. The Morgan fingerprint density at radius 3 is 3.27 bits per heavy atom. The maximum absolute atomic E-state index is 5.59. The van der Waals surface area contributed by atoms with Crippen LogP contribution in [0.1, 0.15) is 13.3 Å². The smallest absolute Gasteiger partial charge is 0.221 e. The Hall–Kier alpha value is -1.36. The minimum Gasteiger partial charge on any atom is -0.375 e. The van der Waals surface area contributed by atoms with Gasteiger partial charge in [0.05, 0.1) is 12.7 Å². The number of hydrogen-bond acceptors (Lipinski definition) is 5. The average molecular weight is 208 g/mol. The molecule has 1 saturated heterocycles. The molecule has 0 aromatic carbocycles. The van der Waals surface area contributed by atoms with Crippen molar-refractivity contribution >= 4 is 11.8 Å². The number of morpholine rings is 1. The SMILES string of the molecule is CCC1CN(c2ccnc(N)n2)CCO1.